The van der Waals surface area contributed by atoms with Crippen molar-refractivity contribution in [3.63, 3.8) is 0 Å². The SMILES string of the molecule is CN1CCO[C@@H](CN(Cc2ccc3cn[nH]c3c2)CC2CC2)C1. The Morgan fingerprint density at radius 3 is 3.09 bits per heavy atom. The summed E-state index contributed by atoms with van der Waals surface area (Å²) < 4.78 is 5.98. The van der Waals surface area contributed by atoms with E-state index in [1.54, 1.807) is 0 Å². The zero-order chi connectivity index (χ0) is 15.6. The Labute approximate surface area is 137 Å². The summed E-state index contributed by atoms with van der Waals surface area (Å²) in [7, 11) is 2.19. The van der Waals surface area contributed by atoms with Gasteiger partial charge in [0.1, 0.15) is 0 Å². The molecule has 2 fully saturated rings. The molecule has 0 radical (unpaired) electrons. The summed E-state index contributed by atoms with van der Waals surface area (Å²) in [4.78, 5) is 4.96. The minimum atomic E-state index is 0.336. The number of nitrogens with zero attached hydrogens (tertiary/aromatic N) is 3. The number of aromatic nitrogens is 2. The van der Waals surface area contributed by atoms with Gasteiger partial charge in [-0.15, -0.1) is 0 Å². The number of morpholine rings is 1. The number of aromatic amines is 1. The van der Waals surface area contributed by atoms with Crippen LogP contribution in [0.2, 0.25) is 0 Å². The van der Waals surface area contributed by atoms with Crippen molar-refractivity contribution >= 4 is 10.9 Å². The van der Waals surface area contributed by atoms with E-state index in [9.17, 15) is 0 Å². The van der Waals surface area contributed by atoms with Gasteiger partial charge >= 0.3 is 0 Å². The van der Waals surface area contributed by atoms with Gasteiger partial charge < -0.3 is 9.64 Å². The van der Waals surface area contributed by atoms with E-state index in [2.05, 4.69) is 45.2 Å². The second kappa shape index (κ2) is 6.59. The molecule has 2 aliphatic rings. The van der Waals surface area contributed by atoms with Crippen molar-refractivity contribution in [1.82, 2.24) is 20.0 Å². The molecule has 4 rings (SSSR count). The Morgan fingerprint density at radius 2 is 2.26 bits per heavy atom. The van der Waals surface area contributed by atoms with Crippen molar-refractivity contribution in [2.75, 3.05) is 39.8 Å². The van der Waals surface area contributed by atoms with Gasteiger partial charge in [0.15, 0.2) is 0 Å². The highest BCUT2D eigenvalue weighted by molar-refractivity contribution is 5.78. The smallest absolute Gasteiger partial charge is 0.0829 e. The summed E-state index contributed by atoms with van der Waals surface area (Å²) in [5.41, 5.74) is 2.48. The molecule has 1 aliphatic heterocycles. The van der Waals surface area contributed by atoms with Crippen molar-refractivity contribution < 1.29 is 4.74 Å². The highest BCUT2D eigenvalue weighted by Gasteiger charge is 2.27. The number of likely N-dealkylation sites (N-methyl/N-ethyl adjacent to an activating group) is 1. The Hall–Kier alpha value is -1.43. The monoisotopic (exact) mass is 314 g/mol. The molecule has 2 aromatic rings. The minimum Gasteiger partial charge on any atom is -0.374 e. The highest BCUT2D eigenvalue weighted by Crippen LogP contribution is 2.30. The third-order valence-electron chi connectivity index (χ3n) is 4.93. The maximum absolute atomic E-state index is 5.98. The zero-order valence-electron chi connectivity index (χ0n) is 13.9. The number of fused-ring (bicyclic) bond motifs is 1. The van der Waals surface area contributed by atoms with Crippen molar-refractivity contribution in [1.29, 1.82) is 0 Å². The Morgan fingerprint density at radius 1 is 1.35 bits per heavy atom. The average molecular weight is 314 g/mol. The molecule has 0 spiro atoms. The summed E-state index contributed by atoms with van der Waals surface area (Å²) in [6, 6.07) is 6.62. The number of rotatable bonds is 6. The average Bonchev–Trinajstić information content (AvgIpc) is 3.22. The van der Waals surface area contributed by atoms with E-state index in [0.29, 0.717) is 6.10 Å². The van der Waals surface area contributed by atoms with Crippen LogP contribution in [0.25, 0.3) is 10.9 Å². The number of H-pyrrole nitrogens is 1. The molecule has 1 aromatic heterocycles. The third-order valence-corrected chi connectivity index (χ3v) is 4.93. The molecule has 0 unspecified atom stereocenters. The summed E-state index contributed by atoms with van der Waals surface area (Å²) in [6.45, 7) is 6.18. The van der Waals surface area contributed by atoms with Crippen molar-refractivity contribution in [3.8, 4) is 0 Å². The summed E-state index contributed by atoms with van der Waals surface area (Å²) in [6.07, 6.45) is 5.00. The molecule has 1 atom stereocenters. The van der Waals surface area contributed by atoms with Gasteiger partial charge in [-0.25, -0.2) is 0 Å². The number of hydrogen-bond acceptors (Lipinski definition) is 4. The molecule has 0 bridgehead atoms. The lowest BCUT2D eigenvalue weighted by Gasteiger charge is -2.34. The van der Waals surface area contributed by atoms with E-state index in [4.69, 9.17) is 4.74 Å². The predicted octanol–water partition coefficient (Wildman–Crippen LogP) is 2.11. The molecule has 124 valence electrons. The van der Waals surface area contributed by atoms with Crippen molar-refractivity contribution in [2.45, 2.75) is 25.5 Å². The number of nitrogens with one attached hydrogen (secondary N) is 1. The van der Waals surface area contributed by atoms with Crippen molar-refractivity contribution in [2.24, 2.45) is 5.92 Å². The summed E-state index contributed by atoms with van der Waals surface area (Å²) in [5, 5.41) is 8.37. The second-order valence-electron chi connectivity index (χ2n) is 7.18. The van der Waals surface area contributed by atoms with E-state index < -0.39 is 0 Å². The number of hydrogen-bond donors (Lipinski definition) is 1. The normalized spacial score (nSPS) is 23.0. The first-order chi connectivity index (χ1) is 11.3. The molecule has 23 heavy (non-hydrogen) atoms. The molecule has 1 saturated heterocycles. The molecule has 5 heteroatoms. The first-order valence-corrected chi connectivity index (χ1v) is 8.71. The largest absolute Gasteiger partial charge is 0.374 e. The first kappa shape index (κ1) is 15.1. The van der Waals surface area contributed by atoms with Crippen LogP contribution in [0.5, 0.6) is 0 Å². The van der Waals surface area contributed by atoms with Crippen LogP contribution in [0.15, 0.2) is 24.4 Å². The van der Waals surface area contributed by atoms with E-state index >= 15 is 0 Å². The lowest BCUT2D eigenvalue weighted by Crippen LogP contribution is -2.46. The van der Waals surface area contributed by atoms with Crippen molar-refractivity contribution in [3.05, 3.63) is 30.0 Å². The maximum Gasteiger partial charge on any atom is 0.0829 e. The van der Waals surface area contributed by atoms with Gasteiger partial charge in [-0.05, 0) is 37.4 Å². The highest BCUT2D eigenvalue weighted by atomic mass is 16.5. The van der Waals surface area contributed by atoms with E-state index in [-0.39, 0.29) is 0 Å². The van der Waals surface area contributed by atoms with Gasteiger partial charge in [0, 0.05) is 38.1 Å². The maximum atomic E-state index is 5.98. The molecule has 1 N–H and O–H groups in total. The van der Waals surface area contributed by atoms with E-state index in [0.717, 1.165) is 44.2 Å². The first-order valence-electron chi connectivity index (χ1n) is 8.71. The van der Waals surface area contributed by atoms with E-state index in [1.165, 1.54) is 30.3 Å². The zero-order valence-corrected chi connectivity index (χ0v) is 13.9. The lowest BCUT2D eigenvalue weighted by molar-refractivity contribution is -0.0372. The van der Waals surface area contributed by atoms with Crippen LogP contribution in [-0.2, 0) is 11.3 Å². The summed E-state index contributed by atoms with van der Waals surface area (Å²) in [5.74, 6) is 0.896. The van der Waals surface area contributed by atoms with Crippen LogP contribution in [0.1, 0.15) is 18.4 Å². The van der Waals surface area contributed by atoms with Gasteiger partial charge in [0.05, 0.1) is 24.4 Å². The molecule has 5 nitrogen and oxygen atoms in total. The molecular formula is C18H26N4O. The van der Waals surface area contributed by atoms with Gasteiger partial charge in [-0.2, -0.15) is 5.10 Å². The number of ether oxygens (including phenoxy) is 1. The fourth-order valence-corrected chi connectivity index (χ4v) is 3.48. The molecule has 1 aliphatic carbocycles. The van der Waals surface area contributed by atoms with Crippen LogP contribution >= 0.6 is 0 Å². The van der Waals surface area contributed by atoms with Crippen LogP contribution in [0.4, 0.5) is 0 Å². The van der Waals surface area contributed by atoms with Crippen LogP contribution in [-0.4, -0.2) is 65.9 Å². The lowest BCUT2D eigenvalue weighted by atomic mass is 10.1. The predicted molar refractivity (Wildman–Crippen MR) is 91.3 cm³/mol. The van der Waals surface area contributed by atoms with Crippen LogP contribution < -0.4 is 0 Å². The van der Waals surface area contributed by atoms with Gasteiger partial charge in [0.25, 0.3) is 0 Å². The minimum absolute atomic E-state index is 0.336. The standard InChI is InChI=1S/C18H26N4O/c1-21-6-7-23-17(12-21)13-22(10-14-2-3-14)11-15-4-5-16-9-19-20-18(16)8-15/h4-5,8-9,14,17H,2-3,6-7,10-13H2,1H3,(H,19,20)/t17-/m1/s1. The molecule has 2 heterocycles. The molecular weight excluding hydrogens is 288 g/mol. The van der Waals surface area contributed by atoms with Crippen LogP contribution in [0, 0.1) is 5.92 Å². The Kier molecular flexibility index (Phi) is 4.33. The molecule has 1 aromatic carbocycles. The fourth-order valence-electron chi connectivity index (χ4n) is 3.48. The van der Waals surface area contributed by atoms with Gasteiger partial charge in [-0.3, -0.25) is 10.00 Å². The molecule has 1 saturated carbocycles. The molecule has 0 amide bonds. The number of benzene rings is 1. The fraction of sp³-hybridized carbons (Fsp3) is 0.611. The summed E-state index contributed by atoms with van der Waals surface area (Å²) >= 11 is 0. The quantitative estimate of drug-likeness (QED) is 0.887. The third kappa shape index (κ3) is 3.91. The van der Waals surface area contributed by atoms with Gasteiger partial charge in [0.2, 0.25) is 0 Å². The Balaban J connectivity index is 1.43. The Bertz CT molecular complexity index is 651. The second-order valence-corrected chi connectivity index (χ2v) is 7.18. The van der Waals surface area contributed by atoms with E-state index in [1.807, 2.05) is 6.20 Å². The topological polar surface area (TPSA) is 44.4 Å². The van der Waals surface area contributed by atoms with Crippen LogP contribution in [0.3, 0.4) is 0 Å². The van der Waals surface area contributed by atoms with Gasteiger partial charge in [-0.1, -0.05) is 12.1 Å².